The van der Waals surface area contributed by atoms with Crippen LogP contribution in [-0.2, 0) is 25.5 Å². The third kappa shape index (κ3) is 4.72. The van der Waals surface area contributed by atoms with Gasteiger partial charge in [-0.25, -0.2) is 0 Å². The van der Waals surface area contributed by atoms with Crippen molar-refractivity contribution in [1.82, 2.24) is 9.80 Å². The molecular weight excluding hydrogens is 348 g/mol. The van der Waals surface area contributed by atoms with Crippen molar-refractivity contribution in [3.05, 3.63) is 35.4 Å². The normalized spacial score (nSPS) is 17.8. The zero-order chi connectivity index (χ0) is 19.2. The van der Waals surface area contributed by atoms with Crippen molar-refractivity contribution in [2.75, 3.05) is 26.2 Å². The molecule has 27 heavy (non-hydrogen) atoms. The van der Waals surface area contributed by atoms with Crippen LogP contribution in [0, 0.1) is 0 Å². The Morgan fingerprint density at radius 1 is 0.963 bits per heavy atom. The molecule has 1 saturated heterocycles. The minimum absolute atomic E-state index is 0.0713. The van der Waals surface area contributed by atoms with E-state index in [2.05, 4.69) is 0 Å². The van der Waals surface area contributed by atoms with Gasteiger partial charge in [-0.2, -0.15) is 0 Å². The van der Waals surface area contributed by atoms with Gasteiger partial charge in [-0.3, -0.25) is 24.1 Å². The molecule has 3 amide bonds. The molecule has 0 bridgehead atoms. The van der Waals surface area contributed by atoms with Gasteiger partial charge in [0.1, 0.15) is 6.54 Å². The summed E-state index contributed by atoms with van der Waals surface area (Å²) in [5, 5.41) is 0. The molecule has 2 aliphatic rings. The number of amides is 3. The summed E-state index contributed by atoms with van der Waals surface area (Å²) in [5.74, 6) is -1.93. The van der Waals surface area contributed by atoms with Crippen LogP contribution in [0.25, 0.3) is 0 Å². The number of esters is 1. The van der Waals surface area contributed by atoms with E-state index in [9.17, 15) is 19.2 Å². The fourth-order valence-corrected chi connectivity index (χ4v) is 3.47. The number of nitrogens with zero attached hydrogens (tertiary/aromatic N) is 2. The number of carbonyl (C=O) groups is 4. The Morgan fingerprint density at radius 3 is 2.37 bits per heavy atom. The van der Waals surface area contributed by atoms with Gasteiger partial charge >= 0.3 is 5.97 Å². The van der Waals surface area contributed by atoms with E-state index in [0.717, 1.165) is 30.6 Å². The van der Waals surface area contributed by atoms with Crippen molar-refractivity contribution < 1.29 is 23.9 Å². The Balaban J connectivity index is 1.52. The van der Waals surface area contributed by atoms with E-state index < -0.39 is 24.3 Å². The largest absolute Gasteiger partial charge is 0.454 e. The smallest absolute Gasteiger partial charge is 0.326 e. The molecule has 1 aromatic carbocycles. The molecule has 2 aliphatic heterocycles. The number of imide groups is 1. The molecule has 0 unspecified atom stereocenters. The van der Waals surface area contributed by atoms with Crippen molar-refractivity contribution in [2.45, 2.75) is 38.5 Å². The van der Waals surface area contributed by atoms with Gasteiger partial charge in [0.2, 0.25) is 5.91 Å². The topological polar surface area (TPSA) is 84.0 Å². The van der Waals surface area contributed by atoms with Gasteiger partial charge in [-0.15, -0.1) is 0 Å². The molecule has 1 fully saturated rings. The van der Waals surface area contributed by atoms with Crippen molar-refractivity contribution >= 4 is 23.7 Å². The number of hydrogen-bond donors (Lipinski definition) is 0. The van der Waals surface area contributed by atoms with Crippen LogP contribution in [0.15, 0.2) is 24.3 Å². The second kappa shape index (κ2) is 8.79. The standard InChI is InChI=1S/C20H24N2O5/c23-17-12-15-8-4-5-9-16(15)20(26)22(17)13-19(25)27-14-18(24)21-10-6-2-1-3-7-11-21/h4-5,8-9H,1-3,6-7,10-14H2. The fraction of sp³-hybridized carbons (Fsp3) is 0.500. The van der Waals surface area contributed by atoms with E-state index in [1.165, 1.54) is 6.42 Å². The zero-order valence-corrected chi connectivity index (χ0v) is 15.3. The Bertz CT molecular complexity index is 738. The molecule has 7 heteroatoms. The highest BCUT2D eigenvalue weighted by Gasteiger charge is 2.32. The van der Waals surface area contributed by atoms with Crippen molar-refractivity contribution in [1.29, 1.82) is 0 Å². The zero-order valence-electron chi connectivity index (χ0n) is 15.3. The first-order valence-electron chi connectivity index (χ1n) is 9.42. The predicted molar refractivity (Wildman–Crippen MR) is 96.8 cm³/mol. The van der Waals surface area contributed by atoms with Crippen LogP contribution in [0.4, 0.5) is 0 Å². The Morgan fingerprint density at radius 2 is 1.63 bits per heavy atom. The van der Waals surface area contributed by atoms with E-state index in [-0.39, 0.29) is 18.9 Å². The summed E-state index contributed by atoms with van der Waals surface area (Å²) in [6.07, 6.45) is 5.38. The SMILES string of the molecule is O=C(CN1C(=O)Cc2ccccc2C1=O)OCC(=O)N1CCCCCCC1. The van der Waals surface area contributed by atoms with Crippen LogP contribution in [-0.4, -0.2) is 59.7 Å². The van der Waals surface area contributed by atoms with Crippen LogP contribution in [0.1, 0.15) is 48.0 Å². The van der Waals surface area contributed by atoms with Crippen LogP contribution in [0.2, 0.25) is 0 Å². The highest BCUT2D eigenvalue weighted by Crippen LogP contribution is 2.19. The van der Waals surface area contributed by atoms with Crippen LogP contribution in [0.3, 0.4) is 0 Å². The quantitative estimate of drug-likeness (QED) is 0.591. The number of carbonyl (C=O) groups excluding carboxylic acids is 4. The first kappa shape index (κ1) is 19.1. The number of likely N-dealkylation sites (tertiary alicyclic amines) is 1. The maximum atomic E-state index is 12.4. The van der Waals surface area contributed by atoms with Crippen LogP contribution >= 0.6 is 0 Å². The third-order valence-electron chi connectivity index (χ3n) is 4.99. The summed E-state index contributed by atoms with van der Waals surface area (Å²) < 4.78 is 5.04. The molecule has 0 saturated carbocycles. The highest BCUT2D eigenvalue weighted by molar-refractivity contribution is 6.11. The number of ether oxygens (including phenoxy) is 1. The summed E-state index contributed by atoms with van der Waals surface area (Å²) in [6.45, 7) is 0.525. The lowest BCUT2D eigenvalue weighted by atomic mass is 9.98. The van der Waals surface area contributed by atoms with Crippen molar-refractivity contribution in [3.63, 3.8) is 0 Å². The molecule has 144 valence electrons. The number of hydrogen-bond acceptors (Lipinski definition) is 5. The van der Waals surface area contributed by atoms with Gasteiger partial charge in [0, 0.05) is 18.7 Å². The molecule has 3 rings (SSSR count). The predicted octanol–water partition coefficient (Wildman–Crippen LogP) is 1.55. The molecule has 0 N–H and O–H groups in total. The second-order valence-corrected chi connectivity index (χ2v) is 6.93. The average molecular weight is 372 g/mol. The molecular formula is C20H24N2O5. The summed E-state index contributed by atoms with van der Waals surface area (Å²) in [5.41, 5.74) is 1.07. The number of fused-ring (bicyclic) bond motifs is 1. The monoisotopic (exact) mass is 372 g/mol. The molecule has 0 spiro atoms. The first-order chi connectivity index (χ1) is 13.1. The van der Waals surface area contributed by atoms with Gasteiger partial charge in [-0.05, 0) is 24.5 Å². The Kier molecular flexibility index (Phi) is 6.21. The van der Waals surface area contributed by atoms with Gasteiger partial charge in [0.25, 0.3) is 11.8 Å². The summed E-state index contributed by atoms with van der Waals surface area (Å²) in [6, 6.07) is 6.83. The Labute approximate surface area is 158 Å². The molecule has 0 aromatic heterocycles. The van der Waals surface area contributed by atoms with Gasteiger partial charge in [0.15, 0.2) is 6.61 Å². The maximum absolute atomic E-state index is 12.4. The molecule has 0 radical (unpaired) electrons. The summed E-state index contributed by atoms with van der Waals surface area (Å²) in [4.78, 5) is 51.6. The number of benzene rings is 1. The fourth-order valence-electron chi connectivity index (χ4n) is 3.47. The summed E-state index contributed by atoms with van der Waals surface area (Å²) >= 11 is 0. The minimum atomic E-state index is -0.753. The van der Waals surface area contributed by atoms with Gasteiger partial charge in [0.05, 0.1) is 6.42 Å². The third-order valence-corrected chi connectivity index (χ3v) is 4.99. The summed E-state index contributed by atoms with van der Waals surface area (Å²) in [7, 11) is 0. The van der Waals surface area contributed by atoms with E-state index in [1.54, 1.807) is 29.2 Å². The molecule has 7 nitrogen and oxygen atoms in total. The minimum Gasteiger partial charge on any atom is -0.454 e. The lowest BCUT2D eigenvalue weighted by Gasteiger charge is -2.26. The van der Waals surface area contributed by atoms with Crippen LogP contribution < -0.4 is 0 Å². The van der Waals surface area contributed by atoms with Crippen LogP contribution in [0.5, 0.6) is 0 Å². The van der Waals surface area contributed by atoms with Gasteiger partial charge < -0.3 is 9.64 Å². The lowest BCUT2D eigenvalue weighted by Crippen LogP contribution is -2.46. The average Bonchev–Trinajstić information content (AvgIpc) is 2.63. The highest BCUT2D eigenvalue weighted by atomic mass is 16.5. The van der Waals surface area contributed by atoms with Gasteiger partial charge in [-0.1, -0.05) is 37.5 Å². The van der Waals surface area contributed by atoms with E-state index >= 15 is 0 Å². The van der Waals surface area contributed by atoms with Crippen molar-refractivity contribution in [2.24, 2.45) is 0 Å². The van der Waals surface area contributed by atoms with E-state index in [4.69, 9.17) is 4.74 Å². The lowest BCUT2D eigenvalue weighted by molar-refractivity contribution is -0.154. The molecule has 1 aromatic rings. The molecule has 0 aliphatic carbocycles. The Hall–Kier alpha value is -2.70. The first-order valence-corrected chi connectivity index (χ1v) is 9.42. The molecule has 2 heterocycles. The number of rotatable bonds is 4. The van der Waals surface area contributed by atoms with Crippen molar-refractivity contribution in [3.8, 4) is 0 Å². The van der Waals surface area contributed by atoms with E-state index in [0.29, 0.717) is 24.2 Å². The second-order valence-electron chi connectivity index (χ2n) is 6.93. The molecule has 0 atom stereocenters. The van der Waals surface area contributed by atoms with E-state index in [1.807, 2.05) is 0 Å². The maximum Gasteiger partial charge on any atom is 0.326 e.